The van der Waals surface area contributed by atoms with E-state index >= 15 is 0 Å². The molecule has 1 aliphatic heterocycles. The van der Waals surface area contributed by atoms with Gasteiger partial charge in [-0.25, -0.2) is 0 Å². The number of carboxylic acids is 1. The lowest BCUT2D eigenvalue weighted by atomic mass is 9.85. The van der Waals surface area contributed by atoms with Crippen LogP contribution in [0.3, 0.4) is 0 Å². The fourth-order valence-electron chi connectivity index (χ4n) is 2.42. The van der Waals surface area contributed by atoms with Gasteiger partial charge in [0, 0.05) is 0 Å². The summed E-state index contributed by atoms with van der Waals surface area (Å²) < 4.78 is 0. The van der Waals surface area contributed by atoms with Crippen molar-refractivity contribution in [2.45, 2.75) is 31.6 Å². The quantitative estimate of drug-likeness (QED) is 0.892. The minimum absolute atomic E-state index is 0.402. The van der Waals surface area contributed by atoms with Gasteiger partial charge >= 0.3 is 5.97 Å². The number of benzene rings is 1. The second kappa shape index (κ2) is 5.58. The van der Waals surface area contributed by atoms with Crippen LogP contribution in [0.2, 0.25) is 0 Å². The molecule has 1 aliphatic rings. The largest absolute Gasteiger partial charge is 0.481 e. The van der Waals surface area contributed by atoms with Gasteiger partial charge in [0.15, 0.2) is 0 Å². The zero-order chi connectivity index (χ0) is 12.3. The van der Waals surface area contributed by atoms with Crippen molar-refractivity contribution >= 4 is 17.7 Å². The molecular weight excluding hydrogens is 232 g/mol. The first-order valence-corrected chi connectivity index (χ1v) is 7.25. The van der Waals surface area contributed by atoms with Crippen LogP contribution in [-0.2, 0) is 4.79 Å². The number of thioether (sulfide) groups is 1. The molecule has 3 heteroatoms. The molecule has 0 aliphatic carbocycles. The monoisotopic (exact) mass is 250 g/mol. The average Bonchev–Trinajstić information content (AvgIpc) is 2.39. The molecule has 92 valence electrons. The molecule has 17 heavy (non-hydrogen) atoms. The van der Waals surface area contributed by atoms with E-state index in [0.29, 0.717) is 5.92 Å². The molecular formula is C14H18O2S. The third-order valence-electron chi connectivity index (χ3n) is 3.49. The zero-order valence-electron chi connectivity index (χ0n) is 10.1. The summed E-state index contributed by atoms with van der Waals surface area (Å²) in [5.41, 5.74) is 2.25. The van der Waals surface area contributed by atoms with Gasteiger partial charge in [-0.15, -0.1) is 0 Å². The van der Waals surface area contributed by atoms with Gasteiger partial charge in [0.05, 0.1) is 5.92 Å². The van der Waals surface area contributed by atoms with E-state index in [4.69, 9.17) is 5.11 Å². The van der Waals surface area contributed by atoms with E-state index < -0.39 is 11.9 Å². The topological polar surface area (TPSA) is 37.3 Å². The average molecular weight is 250 g/mol. The fourth-order valence-corrected chi connectivity index (χ4v) is 3.53. The summed E-state index contributed by atoms with van der Waals surface area (Å²) in [7, 11) is 0. The number of hydrogen-bond donors (Lipinski definition) is 1. The molecule has 0 radical (unpaired) electrons. The Kier molecular flexibility index (Phi) is 4.11. The second-order valence-corrected chi connectivity index (χ2v) is 5.80. The minimum Gasteiger partial charge on any atom is -0.481 e. The number of carbonyl (C=O) groups is 1. The molecule has 1 aromatic rings. The maximum Gasteiger partial charge on any atom is 0.310 e. The molecule has 1 fully saturated rings. The van der Waals surface area contributed by atoms with Crippen LogP contribution >= 0.6 is 11.8 Å². The summed E-state index contributed by atoms with van der Waals surface area (Å²) in [5.74, 6) is 1.80. The Morgan fingerprint density at radius 2 is 2.00 bits per heavy atom. The highest BCUT2D eigenvalue weighted by atomic mass is 32.2. The van der Waals surface area contributed by atoms with Crippen LogP contribution in [-0.4, -0.2) is 22.6 Å². The third kappa shape index (κ3) is 2.83. The van der Waals surface area contributed by atoms with Crippen molar-refractivity contribution in [1.82, 2.24) is 0 Å². The van der Waals surface area contributed by atoms with E-state index in [0.717, 1.165) is 5.56 Å². The van der Waals surface area contributed by atoms with Gasteiger partial charge in [0.2, 0.25) is 0 Å². The predicted octanol–water partition coefficient (Wildman–Crippen LogP) is 3.49. The summed E-state index contributed by atoms with van der Waals surface area (Å²) in [4.78, 5) is 11.1. The summed E-state index contributed by atoms with van der Waals surface area (Å²) in [6.45, 7) is 1.78. The summed E-state index contributed by atoms with van der Waals surface area (Å²) in [6, 6.07) is 8.04. The van der Waals surface area contributed by atoms with Gasteiger partial charge in [0.25, 0.3) is 0 Å². The smallest absolute Gasteiger partial charge is 0.310 e. The summed E-state index contributed by atoms with van der Waals surface area (Å²) >= 11 is 2.00. The Morgan fingerprint density at radius 1 is 1.35 bits per heavy atom. The molecule has 0 spiro atoms. The highest BCUT2D eigenvalue weighted by Gasteiger charge is 2.23. The van der Waals surface area contributed by atoms with Crippen molar-refractivity contribution in [3.8, 4) is 0 Å². The van der Waals surface area contributed by atoms with Gasteiger partial charge < -0.3 is 5.11 Å². The van der Waals surface area contributed by atoms with Crippen LogP contribution in [0.15, 0.2) is 24.3 Å². The number of hydrogen-bond acceptors (Lipinski definition) is 2. The first-order valence-electron chi connectivity index (χ1n) is 6.09. The van der Waals surface area contributed by atoms with Crippen LogP contribution < -0.4 is 0 Å². The Morgan fingerprint density at radius 3 is 2.65 bits per heavy atom. The lowest BCUT2D eigenvalue weighted by molar-refractivity contribution is -0.138. The molecule has 0 amide bonds. The SMILES string of the molecule is CC(C(=O)O)c1ccccc1C1CCSCC1. The lowest BCUT2D eigenvalue weighted by Gasteiger charge is -2.25. The van der Waals surface area contributed by atoms with Gasteiger partial charge in [-0.2, -0.15) is 11.8 Å². The normalized spacial score (nSPS) is 18.9. The Bertz CT molecular complexity index is 397. The van der Waals surface area contributed by atoms with Crippen LogP contribution in [0, 0.1) is 0 Å². The Labute approximate surface area is 106 Å². The third-order valence-corrected chi connectivity index (χ3v) is 4.54. The first-order chi connectivity index (χ1) is 8.20. The zero-order valence-corrected chi connectivity index (χ0v) is 10.9. The molecule has 1 aromatic carbocycles. The van der Waals surface area contributed by atoms with E-state index in [1.165, 1.54) is 29.9 Å². The van der Waals surface area contributed by atoms with Gasteiger partial charge in [-0.05, 0) is 48.3 Å². The van der Waals surface area contributed by atoms with E-state index in [1.807, 2.05) is 30.0 Å². The standard InChI is InChI=1S/C14H18O2S/c1-10(14(15)16)12-4-2-3-5-13(12)11-6-8-17-9-7-11/h2-5,10-11H,6-9H2,1H3,(H,15,16). The van der Waals surface area contributed by atoms with E-state index in [1.54, 1.807) is 6.92 Å². The summed E-state index contributed by atoms with van der Waals surface area (Å²) in [5, 5.41) is 9.15. The highest BCUT2D eigenvalue weighted by molar-refractivity contribution is 7.99. The predicted molar refractivity (Wildman–Crippen MR) is 71.8 cm³/mol. The van der Waals surface area contributed by atoms with Gasteiger partial charge in [0.1, 0.15) is 0 Å². The van der Waals surface area contributed by atoms with E-state index in [-0.39, 0.29) is 0 Å². The first kappa shape index (κ1) is 12.5. The second-order valence-electron chi connectivity index (χ2n) is 4.58. The van der Waals surface area contributed by atoms with Crippen LogP contribution in [0.25, 0.3) is 0 Å². The van der Waals surface area contributed by atoms with E-state index in [2.05, 4.69) is 6.07 Å². The molecule has 0 aromatic heterocycles. The van der Waals surface area contributed by atoms with Crippen molar-refractivity contribution in [3.05, 3.63) is 35.4 Å². The van der Waals surface area contributed by atoms with Crippen molar-refractivity contribution < 1.29 is 9.90 Å². The molecule has 1 atom stereocenters. The molecule has 0 saturated carbocycles. The molecule has 1 saturated heterocycles. The van der Waals surface area contributed by atoms with Crippen LogP contribution in [0.5, 0.6) is 0 Å². The molecule has 2 nitrogen and oxygen atoms in total. The van der Waals surface area contributed by atoms with Crippen molar-refractivity contribution in [2.24, 2.45) is 0 Å². The molecule has 1 N–H and O–H groups in total. The maximum atomic E-state index is 11.1. The molecule has 1 unspecified atom stereocenters. The Balaban J connectivity index is 2.29. The number of aliphatic carboxylic acids is 1. The lowest BCUT2D eigenvalue weighted by Crippen LogP contribution is -2.14. The minimum atomic E-state index is -0.734. The Hall–Kier alpha value is -0.960. The number of carboxylic acid groups (broad SMARTS) is 1. The fraction of sp³-hybridized carbons (Fsp3) is 0.500. The summed E-state index contributed by atoms with van der Waals surface area (Å²) in [6.07, 6.45) is 2.35. The van der Waals surface area contributed by atoms with Crippen molar-refractivity contribution in [1.29, 1.82) is 0 Å². The van der Waals surface area contributed by atoms with Gasteiger partial charge in [-0.1, -0.05) is 24.3 Å². The van der Waals surface area contributed by atoms with Crippen LogP contribution in [0.1, 0.15) is 42.7 Å². The van der Waals surface area contributed by atoms with E-state index in [9.17, 15) is 4.79 Å². The highest BCUT2D eigenvalue weighted by Crippen LogP contribution is 2.35. The molecule has 1 heterocycles. The molecule has 0 bridgehead atoms. The van der Waals surface area contributed by atoms with Gasteiger partial charge in [-0.3, -0.25) is 4.79 Å². The maximum absolute atomic E-state index is 11.1. The van der Waals surface area contributed by atoms with Crippen molar-refractivity contribution in [3.63, 3.8) is 0 Å². The van der Waals surface area contributed by atoms with Crippen molar-refractivity contribution in [2.75, 3.05) is 11.5 Å². The number of rotatable bonds is 3. The van der Waals surface area contributed by atoms with Crippen LogP contribution in [0.4, 0.5) is 0 Å². The molecule has 2 rings (SSSR count).